The van der Waals surface area contributed by atoms with Gasteiger partial charge in [0.2, 0.25) is 5.91 Å². The van der Waals surface area contributed by atoms with E-state index >= 15 is 0 Å². The van der Waals surface area contributed by atoms with Crippen LogP contribution in [0.3, 0.4) is 0 Å². The maximum atomic E-state index is 12.4. The van der Waals surface area contributed by atoms with Crippen molar-refractivity contribution in [2.24, 2.45) is 23.0 Å². The van der Waals surface area contributed by atoms with Gasteiger partial charge in [0.25, 0.3) is 0 Å². The molecule has 4 aliphatic rings. The zero-order valence-electron chi connectivity index (χ0n) is 14.2. The molecular weight excluding hydrogens is 326 g/mol. The molecule has 0 aromatic heterocycles. The number of carbonyl (C=O) groups is 1. The van der Waals surface area contributed by atoms with Crippen molar-refractivity contribution in [3.05, 3.63) is 71.8 Å². The molecular formula is C22H23NOS. The van der Waals surface area contributed by atoms with E-state index in [-0.39, 0.29) is 16.7 Å². The number of hydrogen-bond acceptors (Lipinski definition) is 2. The molecule has 2 N–H and O–H groups in total. The van der Waals surface area contributed by atoms with E-state index in [1.54, 1.807) is 0 Å². The molecule has 0 heterocycles. The summed E-state index contributed by atoms with van der Waals surface area (Å²) in [5.74, 6) is 2.00. The van der Waals surface area contributed by atoms with Crippen LogP contribution in [0.5, 0.6) is 0 Å². The average Bonchev–Trinajstić information content (AvgIpc) is 3.34. The molecule has 0 radical (unpaired) electrons. The third kappa shape index (κ3) is 2.02. The molecule has 4 bridgehead atoms. The third-order valence-electron chi connectivity index (χ3n) is 7.14. The second-order valence-electron chi connectivity index (χ2n) is 8.10. The van der Waals surface area contributed by atoms with Gasteiger partial charge in [-0.1, -0.05) is 60.7 Å². The Morgan fingerprint density at radius 3 is 2.32 bits per heavy atom. The maximum Gasteiger partial charge on any atom is 0.224 e. The van der Waals surface area contributed by atoms with Crippen molar-refractivity contribution < 1.29 is 4.79 Å². The van der Waals surface area contributed by atoms with Gasteiger partial charge in [0.15, 0.2) is 0 Å². The second kappa shape index (κ2) is 5.38. The Labute approximate surface area is 153 Å². The number of benzene rings is 2. The number of nitrogens with two attached hydrogens (primary N) is 1. The first-order valence-corrected chi connectivity index (χ1v) is 10.2. The summed E-state index contributed by atoms with van der Waals surface area (Å²) in [6.07, 6.45) is 3.10. The molecule has 4 aliphatic carbocycles. The van der Waals surface area contributed by atoms with Gasteiger partial charge >= 0.3 is 0 Å². The van der Waals surface area contributed by atoms with Crippen LogP contribution < -0.4 is 5.73 Å². The van der Waals surface area contributed by atoms with Crippen LogP contribution in [0.25, 0.3) is 0 Å². The summed E-state index contributed by atoms with van der Waals surface area (Å²) in [5.41, 5.74) is 8.66. The third-order valence-corrected chi connectivity index (χ3v) is 8.68. The van der Waals surface area contributed by atoms with E-state index < -0.39 is 0 Å². The minimum Gasteiger partial charge on any atom is -0.369 e. The van der Waals surface area contributed by atoms with Crippen molar-refractivity contribution in [3.8, 4) is 0 Å². The number of hydrogen-bond donors (Lipinski definition) is 1. The minimum absolute atomic E-state index is 0.0550. The van der Waals surface area contributed by atoms with E-state index in [2.05, 4.69) is 72.4 Å². The molecule has 6 rings (SSSR count). The van der Waals surface area contributed by atoms with Crippen molar-refractivity contribution in [2.45, 2.75) is 35.7 Å². The van der Waals surface area contributed by atoms with Gasteiger partial charge in [-0.25, -0.2) is 0 Å². The van der Waals surface area contributed by atoms with Gasteiger partial charge < -0.3 is 5.73 Å². The lowest BCUT2D eigenvalue weighted by Crippen LogP contribution is -2.39. The summed E-state index contributed by atoms with van der Waals surface area (Å²) >= 11 is 2.05. The summed E-state index contributed by atoms with van der Waals surface area (Å²) in [4.78, 5) is 12.4. The predicted molar refractivity (Wildman–Crippen MR) is 102 cm³/mol. The van der Waals surface area contributed by atoms with Crippen LogP contribution in [-0.4, -0.2) is 11.2 Å². The summed E-state index contributed by atoms with van der Waals surface area (Å²) in [6, 6.07) is 21.5. The van der Waals surface area contributed by atoms with Crippen LogP contribution in [0.2, 0.25) is 0 Å². The number of carbonyl (C=O) groups excluding carboxylic acids is 1. The van der Waals surface area contributed by atoms with Crippen LogP contribution in [0.4, 0.5) is 0 Å². The Balaban J connectivity index is 1.47. The monoisotopic (exact) mass is 349 g/mol. The first-order valence-electron chi connectivity index (χ1n) is 9.17. The van der Waals surface area contributed by atoms with Gasteiger partial charge in [-0.2, -0.15) is 11.8 Å². The highest BCUT2D eigenvalue weighted by Gasteiger charge is 2.76. The Kier molecular flexibility index (Phi) is 3.34. The van der Waals surface area contributed by atoms with Crippen molar-refractivity contribution >= 4 is 17.7 Å². The molecule has 0 aliphatic heterocycles. The summed E-state index contributed by atoms with van der Waals surface area (Å²) in [5, 5.41) is 0.557. The number of rotatable bonds is 5. The van der Waals surface area contributed by atoms with Crippen LogP contribution in [0.1, 0.15) is 30.4 Å². The zero-order chi connectivity index (χ0) is 17.1. The largest absolute Gasteiger partial charge is 0.369 e. The fourth-order valence-electron chi connectivity index (χ4n) is 6.16. The first kappa shape index (κ1) is 15.5. The van der Waals surface area contributed by atoms with E-state index in [0.29, 0.717) is 17.1 Å². The van der Waals surface area contributed by atoms with Crippen LogP contribution in [-0.2, 0) is 16.0 Å². The highest BCUT2D eigenvalue weighted by molar-refractivity contribution is 7.99. The molecule has 4 fully saturated rings. The molecule has 3 heteroatoms. The van der Waals surface area contributed by atoms with E-state index in [1.165, 1.54) is 11.1 Å². The zero-order valence-corrected chi connectivity index (χ0v) is 15.0. The van der Waals surface area contributed by atoms with Gasteiger partial charge in [-0.3, -0.25) is 4.79 Å². The lowest BCUT2D eigenvalue weighted by molar-refractivity contribution is -0.128. The van der Waals surface area contributed by atoms with E-state index in [9.17, 15) is 4.79 Å². The van der Waals surface area contributed by atoms with Crippen LogP contribution in [0.15, 0.2) is 60.7 Å². The second-order valence-corrected chi connectivity index (χ2v) is 9.27. The molecule has 5 atom stereocenters. The van der Waals surface area contributed by atoms with Gasteiger partial charge in [-0.05, 0) is 42.2 Å². The maximum absolute atomic E-state index is 12.4. The van der Waals surface area contributed by atoms with Crippen molar-refractivity contribution in [3.63, 3.8) is 0 Å². The molecule has 0 spiro atoms. The fraction of sp³-hybridized carbons (Fsp3) is 0.409. The molecule has 2 aromatic carbocycles. The lowest BCUT2D eigenvalue weighted by Gasteiger charge is -2.33. The van der Waals surface area contributed by atoms with Gasteiger partial charge in [0, 0.05) is 16.4 Å². The Morgan fingerprint density at radius 1 is 1.00 bits per heavy atom. The van der Waals surface area contributed by atoms with Gasteiger partial charge in [0.05, 0.1) is 5.41 Å². The quantitative estimate of drug-likeness (QED) is 0.881. The highest BCUT2D eigenvalue weighted by Crippen LogP contribution is 2.78. The molecule has 0 saturated heterocycles. The predicted octanol–water partition coefficient (Wildman–Crippen LogP) is 4.14. The minimum atomic E-state index is -0.255. The molecule has 1 amide bonds. The molecule has 4 saturated carbocycles. The molecule has 5 unspecified atom stereocenters. The van der Waals surface area contributed by atoms with Crippen LogP contribution >= 0.6 is 11.8 Å². The highest BCUT2D eigenvalue weighted by atomic mass is 32.2. The first-order chi connectivity index (χ1) is 12.2. The molecule has 25 heavy (non-hydrogen) atoms. The number of amides is 1. The van der Waals surface area contributed by atoms with Crippen LogP contribution in [0, 0.1) is 17.3 Å². The van der Waals surface area contributed by atoms with Gasteiger partial charge in [-0.15, -0.1) is 0 Å². The van der Waals surface area contributed by atoms with Crippen molar-refractivity contribution in [1.29, 1.82) is 0 Å². The van der Waals surface area contributed by atoms with Crippen molar-refractivity contribution in [1.82, 2.24) is 0 Å². The van der Waals surface area contributed by atoms with Crippen molar-refractivity contribution in [2.75, 3.05) is 0 Å². The average molecular weight is 349 g/mol. The number of primary amides is 1. The summed E-state index contributed by atoms with van der Waals surface area (Å²) in [6.45, 7) is 0. The SMILES string of the molecule is NC(=O)C12CC3C(SCc4ccccc4)C1CC3(c1ccccc1)C2. The van der Waals surface area contributed by atoms with Gasteiger partial charge in [0.1, 0.15) is 0 Å². The van der Waals surface area contributed by atoms with E-state index in [4.69, 9.17) is 5.73 Å². The molecule has 128 valence electrons. The topological polar surface area (TPSA) is 43.1 Å². The Morgan fingerprint density at radius 2 is 1.68 bits per heavy atom. The Hall–Kier alpha value is -1.74. The normalized spacial score (nSPS) is 37.7. The van der Waals surface area contributed by atoms with E-state index in [1.807, 2.05) is 0 Å². The smallest absolute Gasteiger partial charge is 0.224 e. The standard InChI is InChI=1S/C22H23NOS/c23-20(24)22-12-17-19(25-13-15-7-3-1-4-8-15)18(22)11-21(17,14-22)16-9-5-2-6-10-16/h1-10,17-19H,11-14H2,(H2,23,24). The lowest BCUT2D eigenvalue weighted by atomic mass is 9.74. The molecule has 2 nitrogen and oxygen atoms in total. The summed E-state index contributed by atoms with van der Waals surface area (Å²) in [7, 11) is 0. The number of thioether (sulfide) groups is 1. The molecule has 2 aromatic rings. The van der Waals surface area contributed by atoms with E-state index in [0.717, 1.165) is 25.0 Å². The Bertz CT molecular complexity index is 807. The summed E-state index contributed by atoms with van der Waals surface area (Å²) < 4.78 is 0. The fourth-order valence-corrected chi connectivity index (χ4v) is 7.92.